The summed E-state index contributed by atoms with van der Waals surface area (Å²) >= 11 is 1.72. The first-order valence-electron chi connectivity index (χ1n) is 6.94. The van der Waals surface area contributed by atoms with Gasteiger partial charge in [-0.15, -0.1) is 0 Å². The van der Waals surface area contributed by atoms with E-state index in [0.717, 1.165) is 29.4 Å². The fourth-order valence-electron chi connectivity index (χ4n) is 2.08. The predicted octanol–water partition coefficient (Wildman–Crippen LogP) is 3.53. The van der Waals surface area contributed by atoms with E-state index in [0.29, 0.717) is 5.92 Å². The largest absolute Gasteiger partial charge is 0.468 e. The quantitative estimate of drug-likeness (QED) is 0.885. The fourth-order valence-corrected chi connectivity index (χ4v) is 3.12. The van der Waals surface area contributed by atoms with Crippen LogP contribution in [0.4, 0.5) is 0 Å². The molecule has 0 spiro atoms. The Bertz CT molecular complexity index is 572. The van der Waals surface area contributed by atoms with Crippen LogP contribution in [0, 0.1) is 19.8 Å². The van der Waals surface area contributed by atoms with Crippen LogP contribution in [0.2, 0.25) is 0 Å². The highest BCUT2D eigenvalue weighted by Gasteiger charge is 2.16. The van der Waals surface area contributed by atoms with Crippen LogP contribution >= 0.6 is 11.8 Å². The molecule has 110 valence electrons. The molecule has 0 amide bonds. The van der Waals surface area contributed by atoms with Crippen LogP contribution < -0.4 is 5.32 Å². The van der Waals surface area contributed by atoms with Crippen LogP contribution in [0.5, 0.6) is 0 Å². The summed E-state index contributed by atoms with van der Waals surface area (Å²) in [5.74, 6) is 1.61. The predicted molar refractivity (Wildman–Crippen MR) is 82.1 cm³/mol. The molecule has 1 N–H and O–H groups in total. The van der Waals surface area contributed by atoms with E-state index < -0.39 is 0 Å². The lowest BCUT2D eigenvalue weighted by Gasteiger charge is -2.09. The van der Waals surface area contributed by atoms with Gasteiger partial charge in [0.1, 0.15) is 10.8 Å². The van der Waals surface area contributed by atoms with Crippen LogP contribution in [0.25, 0.3) is 0 Å². The number of nitrogens with zero attached hydrogens (tertiary/aromatic N) is 2. The van der Waals surface area contributed by atoms with Crippen LogP contribution in [0.15, 0.2) is 26.7 Å². The molecule has 0 aliphatic carbocycles. The molecular weight excluding hydrogens is 270 g/mol. The van der Waals surface area contributed by atoms with Gasteiger partial charge in [0.15, 0.2) is 0 Å². The highest BCUT2D eigenvalue weighted by Crippen LogP contribution is 2.34. The second kappa shape index (κ2) is 6.50. The van der Waals surface area contributed by atoms with Gasteiger partial charge >= 0.3 is 0 Å². The van der Waals surface area contributed by atoms with Gasteiger partial charge in [0.25, 0.3) is 0 Å². The molecule has 0 radical (unpaired) electrons. The number of rotatable bonds is 6. The first-order chi connectivity index (χ1) is 9.49. The summed E-state index contributed by atoms with van der Waals surface area (Å²) in [6.07, 6.45) is 1.73. The molecule has 0 fully saturated rings. The summed E-state index contributed by atoms with van der Waals surface area (Å²) in [4.78, 5) is 1.15. The number of aryl methyl sites for hydroxylation is 3. The molecular formula is C15H23N3OS. The average molecular weight is 293 g/mol. The van der Waals surface area contributed by atoms with Gasteiger partial charge in [-0.1, -0.05) is 25.6 Å². The molecule has 0 atom stereocenters. The van der Waals surface area contributed by atoms with Crippen molar-refractivity contribution in [2.24, 2.45) is 13.0 Å². The molecule has 0 aliphatic rings. The third kappa shape index (κ3) is 3.46. The fraction of sp³-hybridized carbons (Fsp3) is 0.533. The van der Waals surface area contributed by atoms with E-state index in [1.165, 1.54) is 10.6 Å². The lowest BCUT2D eigenvalue weighted by atomic mass is 10.2. The zero-order chi connectivity index (χ0) is 14.7. The number of aromatic nitrogens is 2. The number of hydrogen-bond acceptors (Lipinski definition) is 4. The maximum absolute atomic E-state index is 5.37. The zero-order valence-electron chi connectivity index (χ0n) is 12.9. The molecule has 20 heavy (non-hydrogen) atoms. The zero-order valence-corrected chi connectivity index (χ0v) is 13.7. The van der Waals surface area contributed by atoms with Gasteiger partial charge in [0.05, 0.1) is 16.9 Å². The van der Waals surface area contributed by atoms with Crippen LogP contribution in [-0.4, -0.2) is 16.3 Å². The van der Waals surface area contributed by atoms with Crippen molar-refractivity contribution in [1.29, 1.82) is 0 Å². The van der Waals surface area contributed by atoms with Gasteiger partial charge < -0.3 is 9.73 Å². The molecule has 0 unspecified atom stereocenters. The van der Waals surface area contributed by atoms with Crippen molar-refractivity contribution in [1.82, 2.24) is 15.1 Å². The Morgan fingerprint density at radius 1 is 1.40 bits per heavy atom. The third-order valence-corrected chi connectivity index (χ3v) is 4.51. The van der Waals surface area contributed by atoms with Gasteiger partial charge in [-0.05, 0) is 32.4 Å². The Kier molecular flexibility index (Phi) is 4.94. The first-order valence-corrected chi connectivity index (χ1v) is 7.75. The van der Waals surface area contributed by atoms with E-state index in [1.54, 1.807) is 18.0 Å². The van der Waals surface area contributed by atoms with Crippen molar-refractivity contribution >= 4 is 11.8 Å². The molecule has 2 rings (SSSR count). The summed E-state index contributed by atoms with van der Waals surface area (Å²) < 4.78 is 7.33. The summed E-state index contributed by atoms with van der Waals surface area (Å²) in [6.45, 7) is 10.4. The van der Waals surface area contributed by atoms with Crippen LogP contribution in [0.1, 0.15) is 30.9 Å². The third-order valence-electron chi connectivity index (χ3n) is 3.16. The van der Waals surface area contributed by atoms with Gasteiger partial charge in [-0.25, -0.2) is 0 Å². The monoisotopic (exact) mass is 293 g/mol. The van der Waals surface area contributed by atoms with E-state index in [9.17, 15) is 0 Å². The summed E-state index contributed by atoms with van der Waals surface area (Å²) in [5.41, 5.74) is 2.37. The molecule has 0 aliphatic heterocycles. The summed E-state index contributed by atoms with van der Waals surface area (Å²) in [6, 6.07) is 2.01. The minimum Gasteiger partial charge on any atom is -0.468 e. The minimum absolute atomic E-state index is 0.652. The number of furan rings is 1. The molecule has 2 aromatic heterocycles. The van der Waals surface area contributed by atoms with E-state index in [4.69, 9.17) is 4.42 Å². The molecule has 0 saturated carbocycles. The molecule has 0 saturated heterocycles. The highest BCUT2D eigenvalue weighted by molar-refractivity contribution is 7.99. The van der Waals surface area contributed by atoms with E-state index >= 15 is 0 Å². The molecule has 5 heteroatoms. The maximum Gasteiger partial charge on any atom is 0.114 e. The standard InChI is InChI=1S/C15H23N3OS/c1-10(2)8-16-9-13-11(3)17-18(5)15(13)20-14-6-7-19-12(14)4/h6-7,10,16H,8-9H2,1-5H3. The van der Waals surface area contributed by atoms with Crippen LogP contribution in [0.3, 0.4) is 0 Å². The van der Waals surface area contributed by atoms with Gasteiger partial charge in [0, 0.05) is 19.2 Å². The molecule has 4 nitrogen and oxygen atoms in total. The van der Waals surface area contributed by atoms with E-state index in [2.05, 4.69) is 31.2 Å². The summed E-state index contributed by atoms with van der Waals surface area (Å²) in [7, 11) is 2.00. The van der Waals surface area contributed by atoms with Gasteiger partial charge in [-0.3, -0.25) is 4.68 Å². The van der Waals surface area contributed by atoms with E-state index in [-0.39, 0.29) is 0 Å². The Morgan fingerprint density at radius 3 is 2.75 bits per heavy atom. The SMILES string of the molecule is Cc1nn(C)c(Sc2ccoc2C)c1CNCC(C)C. The average Bonchev–Trinajstić information content (AvgIpc) is 2.87. The number of hydrogen-bond donors (Lipinski definition) is 1. The van der Waals surface area contributed by atoms with Gasteiger partial charge in [0.2, 0.25) is 0 Å². The normalized spacial score (nSPS) is 11.5. The molecule has 0 aromatic carbocycles. The minimum atomic E-state index is 0.652. The second-order valence-corrected chi connectivity index (χ2v) is 6.49. The lowest BCUT2D eigenvalue weighted by Crippen LogP contribution is -2.19. The lowest BCUT2D eigenvalue weighted by molar-refractivity contribution is 0.526. The van der Waals surface area contributed by atoms with Crippen molar-refractivity contribution in [2.45, 2.75) is 44.2 Å². The smallest absolute Gasteiger partial charge is 0.114 e. The second-order valence-electron chi connectivity index (χ2n) is 5.46. The molecule has 2 heterocycles. The summed E-state index contributed by atoms with van der Waals surface area (Å²) in [5, 5.41) is 9.23. The van der Waals surface area contributed by atoms with Gasteiger partial charge in [-0.2, -0.15) is 5.10 Å². The topological polar surface area (TPSA) is 43.0 Å². The van der Waals surface area contributed by atoms with Crippen molar-refractivity contribution < 1.29 is 4.42 Å². The first kappa shape index (κ1) is 15.2. The Hall–Kier alpha value is -1.20. The van der Waals surface area contributed by atoms with Crippen molar-refractivity contribution in [3.63, 3.8) is 0 Å². The van der Waals surface area contributed by atoms with Crippen molar-refractivity contribution in [2.75, 3.05) is 6.54 Å². The van der Waals surface area contributed by atoms with Crippen molar-refractivity contribution in [3.8, 4) is 0 Å². The van der Waals surface area contributed by atoms with Crippen LogP contribution in [-0.2, 0) is 13.6 Å². The Balaban J connectivity index is 2.17. The Morgan fingerprint density at radius 2 is 2.15 bits per heavy atom. The van der Waals surface area contributed by atoms with Crippen molar-refractivity contribution in [3.05, 3.63) is 29.3 Å². The molecule has 2 aromatic rings. The molecule has 0 bridgehead atoms. The van der Waals surface area contributed by atoms with E-state index in [1.807, 2.05) is 24.7 Å². The maximum atomic E-state index is 5.37. The number of nitrogens with one attached hydrogen (secondary N) is 1. The Labute approximate surface area is 124 Å². The highest BCUT2D eigenvalue weighted by atomic mass is 32.2.